The van der Waals surface area contributed by atoms with Crippen molar-refractivity contribution in [3.8, 4) is 23.2 Å². The number of halogens is 1. The van der Waals surface area contributed by atoms with Gasteiger partial charge in [0.1, 0.15) is 23.3 Å². The van der Waals surface area contributed by atoms with Crippen LogP contribution in [-0.4, -0.2) is 15.0 Å². The average Bonchev–Trinajstić information content (AvgIpc) is 3.07. The largest absolute Gasteiger partial charge is 0.463 e. The second kappa shape index (κ2) is 4.38. The van der Waals surface area contributed by atoms with Crippen LogP contribution in [0.1, 0.15) is 5.69 Å². The number of hydrogen-bond donors (Lipinski definition) is 0. The van der Waals surface area contributed by atoms with Crippen molar-refractivity contribution in [2.24, 2.45) is 0 Å². The molecule has 2 heterocycles. The lowest BCUT2D eigenvalue weighted by Gasteiger charge is -2.05. The van der Waals surface area contributed by atoms with Gasteiger partial charge in [0.15, 0.2) is 11.5 Å². The van der Waals surface area contributed by atoms with Crippen LogP contribution >= 0.6 is 0 Å². The zero-order valence-corrected chi connectivity index (χ0v) is 9.62. The highest BCUT2D eigenvalue weighted by Crippen LogP contribution is 2.26. The third-order valence-corrected chi connectivity index (χ3v) is 2.61. The zero-order valence-electron chi connectivity index (χ0n) is 9.62. The second-order valence-corrected chi connectivity index (χ2v) is 3.74. The summed E-state index contributed by atoms with van der Waals surface area (Å²) < 4.78 is 20.3. The van der Waals surface area contributed by atoms with E-state index in [0.29, 0.717) is 11.5 Å². The van der Waals surface area contributed by atoms with E-state index in [1.54, 1.807) is 30.3 Å². The van der Waals surface area contributed by atoms with E-state index in [9.17, 15) is 4.39 Å². The summed E-state index contributed by atoms with van der Waals surface area (Å²) >= 11 is 0. The molecule has 6 heteroatoms. The molecule has 0 bridgehead atoms. The number of benzene rings is 1. The van der Waals surface area contributed by atoms with Crippen molar-refractivity contribution in [2.45, 2.75) is 0 Å². The van der Waals surface area contributed by atoms with Crippen LogP contribution in [0.2, 0.25) is 0 Å². The number of para-hydroxylation sites is 1. The van der Waals surface area contributed by atoms with E-state index in [1.165, 1.54) is 17.0 Å². The Balaban J connectivity index is 2.27. The normalized spacial score (nSPS) is 10.3. The van der Waals surface area contributed by atoms with Gasteiger partial charge in [-0.3, -0.25) is 0 Å². The molecular weight excluding hydrogens is 247 g/mol. The Morgan fingerprint density at radius 1 is 1.21 bits per heavy atom. The van der Waals surface area contributed by atoms with Crippen molar-refractivity contribution in [3.63, 3.8) is 0 Å². The van der Waals surface area contributed by atoms with Gasteiger partial charge < -0.3 is 4.42 Å². The number of aromatic nitrogens is 3. The SMILES string of the molecule is N#Cc1nnn(-c2ccccc2F)c1-c1ccco1. The molecule has 0 amide bonds. The molecule has 0 aliphatic rings. The van der Waals surface area contributed by atoms with Gasteiger partial charge in [0, 0.05) is 0 Å². The summed E-state index contributed by atoms with van der Waals surface area (Å²) in [5, 5.41) is 16.6. The Hall–Kier alpha value is -2.94. The maximum Gasteiger partial charge on any atom is 0.194 e. The molecule has 0 atom stereocenters. The summed E-state index contributed by atoms with van der Waals surface area (Å²) in [6.07, 6.45) is 1.47. The van der Waals surface area contributed by atoms with E-state index in [2.05, 4.69) is 10.3 Å². The Bertz CT molecular complexity index is 755. The highest BCUT2D eigenvalue weighted by molar-refractivity contribution is 5.62. The molecule has 19 heavy (non-hydrogen) atoms. The molecule has 3 aromatic rings. The summed E-state index contributed by atoms with van der Waals surface area (Å²) in [6, 6.07) is 11.4. The van der Waals surface area contributed by atoms with Crippen LogP contribution < -0.4 is 0 Å². The minimum atomic E-state index is -0.454. The first-order valence-corrected chi connectivity index (χ1v) is 5.46. The molecule has 0 unspecified atom stereocenters. The lowest BCUT2D eigenvalue weighted by molar-refractivity contribution is 0.572. The second-order valence-electron chi connectivity index (χ2n) is 3.74. The molecule has 0 aliphatic heterocycles. The lowest BCUT2D eigenvalue weighted by atomic mass is 10.2. The molecule has 3 rings (SSSR count). The third kappa shape index (κ3) is 1.77. The standard InChI is InChI=1S/C13H7FN4O/c14-9-4-1-2-5-11(9)18-13(10(8-15)16-17-18)12-6-3-7-19-12/h1-7H. The molecule has 0 fully saturated rings. The molecule has 92 valence electrons. The number of furan rings is 1. The van der Waals surface area contributed by atoms with E-state index in [1.807, 2.05) is 6.07 Å². The van der Waals surface area contributed by atoms with E-state index in [0.717, 1.165) is 0 Å². The summed E-state index contributed by atoms with van der Waals surface area (Å²) in [5.41, 5.74) is 0.624. The number of nitriles is 1. The Kier molecular flexibility index (Phi) is 2.58. The predicted octanol–water partition coefficient (Wildman–Crippen LogP) is 2.54. The number of hydrogen-bond acceptors (Lipinski definition) is 4. The molecule has 0 radical (unpaired) electrons. The van der Waals surface area contributed by atoms with Crippen molar-refractivity contribution in [1.29, 1.82) is 5.26 Å². The van der Waals surface area contributed by atoms with Gasteiger partial charge in [-0.25, -0.2) is 9.07 Å². The molecule has 1 aromatic carbocycles. The smallest absolute Gasteiger partial charge is 0.194 e. The Labute approximate surface area is 107 Å². The summed E-state index contributed by atoms with van der Waals surface area (Å²) in [4.78, 5) is 0. The molecule has 0 saturated carbocycles. The van der Waals surface area contributed by atoms with Crippen LogP contribution in [0.25, 0.3) is 17.1 Å². The summed E-state index contributed by atoms with van der Waals surface area (Å²) in [6.45, 7) is 0. The molecule has 5 nitrogen and oxygen atoms in total. The first kappa shape index (κ1) is 11.2. The number of nitrogens with zero attached hydrogens (tertiary/aromatic N) is 4. The minimum Gasteiger partial charge on any atom is -0.463 e. The topological polar surface area (TPSA) is 67.6 Å². The van der Waals surface area contributed by atoms with E-state index < -0.39 is 5.82 Å². The predicted molar refractivity (Wildman–Crippen MR) is 63.7 cm³/mol. The number of rotatable bonds is 2. The van der Waals surface area contributed by atoms with Crippen LogP contribution in [0, 0.1) is 17.1 Å². The van der Waals surface area contributed by atoms with Gasteiger partial charge in [-0.05, 0) is 24.3 Å². The first-order chi connectivity index (χ1) is 9.31. The maximum absolute atomic E-state index is 13.8. The quantitative estimate of drug-likeness (QED) is 0.704. The first-order valence-electron chi connectivity index (χ1n) is 5.46. The van der Waals surface area contributed by atoms with Gasteiger partial charge in [0.25, 0.3) is 0 Å². The van der Waals surface area contributed by atoms with Crippen molar-refractivity contribution in [3.05, 3.63) is 54.2 Å². The van der Waals surface area contributed by atoms with Gasteiger partial charge in [-0.2, -0.15) is 5.26 Å². The molecule has 0 saturated heterocycles. The van der Waals surface area contributed by atoms with Crippen LogP contribution in [-0.2, 0) is 0 Å². The molecule has 0 aliphatic carbocycles. The molecular formula is C13H7FN4O. The Morgan fingerprint density at radius 2 is 2.05 bits per heavy atom. The van der Waals surface area contributed by atoms with Crippen molar-refractivity contribution < 1.29 is 8.81 Å². The van der Waals surface area contributed by atoms with E-state index >= 15 is 0 Å². The van der Waals surface area contributed by atoms with Crippen LogP contribution in [0.5, 0.6) is 0 Å². The fourth-order valence-corrected chi connectivity index (χ4v) is 1.78. The van der Waals surface area contributed by atoms with Crippen molar-refractivity contribution >= 4 is 0 Å². The van der Waals surface area contributed by atoms with Crippen LogP contribution in [0.15, 0.2) is 47.1 Å². The van der Waals surface area contributed by atoms with Gasteiger partial charge in [0.05, 0.1) is 6.26 Å². The summed E-state index contributed by atoms with van der Waals surface area (Å²) in [7, 11) is 0. The Morgan fingerprint density at radius 3 is 2.74 bits per heavy atom. The average molecular weight is 254 g/mol. The molecule has 2 aromatic heterocycles. The molecule has 0 spiro atoms. The zero-order chi connectivity index (χ0) is 13.2. The maximum atomic E-state index is 13.8. The fraction of sp³-hybridized carbons (Fsp3) is 0. The van der Waals surface area contributed by atoms with Gasteiger partial charge in [-0.15, -0.1) is 5.10 Å². The van der Waals surface area contributed by atoms with Gasteiger partial charge in [0.2, 0.25) is 0 Å². The fourth-order valence-electron chi connectivity index (χ4n) is 1.78. The highest BCUT2D eigenvalue weighted by atomic mass is 19.1. The van der Waals surface area contributed by atoms with Crippen molar-refractivity contribution in [1.82, 2.24) is 15.0 Å². The van der Waals surface area contributed by atoms with E-state index in [4.69, 9.17) is 9.68 Å². The lowest BCUT2D eigenvalue weighted by Crippen LogP contribution is -2.01. The summed E-state index contributed by atoms with van der Waals surface area (Å²) in [5.74, 6) is -0.0468. The van der Waals surface area contributed by atoms with Crippen molar-refractivity contribution in [2.75, 3.05) is 0 Å². The van der Waals surface area contributed by atoms with E-state index in [-0.39, 0.29) is 11.4 Å². The van der Waals surface area contributed by atoms with Gasteiger partial charge in [-0.1, -0.05) is 17.3 Å². The monoisotopic (exact) mass is 254 g/mol. The minimum absolute atomic E-state index is 0.0817. The van der Waals surface area contributed by atoms with Crippen LogP contribution in [0.4, 0.5) is 4.39 Å². The van der Waals surface area contributed by atoms with Gasteiger partial charge >= 0.3 is 0 Å². The third-order valence-electron chi connectivity index (χ3n) is 2.61. The van der Waals surface area contributed by atoms with Crippen LogP contribution in [0.3, 0.4) is 0 Å². The highest BCUT2D eigenvalue weighted by Gasteiger charge is 2.19. The molecule has 0 N–H and O–H groups in total.